The minimum atomic E-state index is -0.271. The lowest BCUT2D eigenvalue weighted by atomic mass is 10.1. The van der Waals surface area contributed by atoms with Crippen LogP contribution in [0.15, 0.2) is 77.9 Å². The zero-order valence-corrected chi connectivity index (χ0v) is 18.5. The van der Waals surface area contributed by atoms with E-state index in [4.69, 9.17) is 9.47 Å². The van der Waals surface area contributed by atoms with Gasteiger partial charge < -0.3 is 9.47 Å². The van der Waals surface area contributed by atoms with Gasteiger partial charge in [-0.2, -0.15) is 5.10 Å². The van der Waals surface area contributed by atoms with Crippen LogP contribution in [0.4, 0.5) is 9.52 Å². The van der Waals surface area contributed by atoms with Crippen LogP contribution in [0.1, 0.15) is 16.0 Å². The zero-order valence-electron chi connectivity index (χ0n) is 17.7. The molecule has 0 atom stereocenters. The molecule has 0 aliphatic rings. The molecule has 0 radical (unpaired) electrons. The Morgan fingerprint density at radius 3 is 2.56 bits per heavy atom. The molecule has 3 aromatic carbocycles. The third kappa shape index (κ3) is 5.31. The highest BCUT2D eigenvalue weighted by Gasteiger charge is 2.09. The molecule has 0 fully saturated rings. The van der Waals surface area contributed by atoms with E-state index >= 15 is 0 Å². The predicted octanol–water partition coefficient (Wildman–Crippen LogP) is 6.29. The Balaban J connectivity index is 1.40. The molecule has 0 amide bonds. The second-order valence-electron chi connectivity index (χ2n) is 6.99. The number of hydrogen-bond acceptors (Lipinski definition) is 6. The van der Waals surface area contributed by atoms with Crippen molar-refractivity contribution in [2.75, 3.05) is 12.5 Å². The number of ether oxygens (including phenoxy) is 2. The van der Waals surface area contributed by atoms with Gasteiger partial charge in [-0.3, -0.25) is 5.43 Å². The molecule has 0 aliphatic carbocycles. The lowest BCUT2D eigenvalue weighted by Crippen LogP contribution is -1.99. The Morgan fingerprint density at radius 2 is 1.81 bits per heavy atom. The van der Waals surface area contributed by atoms with E-state index in [1.165, 1.54) is 12.1 Å². The number of aromatic nitrogens is 1. The highest BCUT2D eigenvalue weighted by Crippen LogP contribution is 2.31. The van der Waals surface area contributed by atoms with Crippen LogP contribution in [0.3, 0.4) is 0 Å². The number of hydrogen-bond donors (Lipinski definition) is 1. The summed E-state index contributed by atoms with van der Waals surface area (Å²) in [5, 5.41) is 5.03. The second-order valence-corrected chi connectivity index (χ2v) is 8.19. The fraction of sp³-hybridized carbons (Fsp3) is 0.120. The molecule has 0 aliphatic heterocycles. The Labute approximate surface area is 190 Å². The number of methoxy groups -OCH3 is 1. The minimum absolute atomic E-state index is 0.271. The van der Waals surface area contributed by atoms with Crippen LogP contribution in [0.25, 0.3) is 11.3 Å². The van der Waals surface area contributed by atoms with E-state index in [1.807, 2.05) is 55.5 Å². The van der Waals surface area contributed by atoms with Crippen molar-refractivity contribution in [2.24, 2.45) is 5.10 Å². The summed E-state index contributed by atoms with van der Waals surface area (Å²) in [4.78, 5) is 5.77. The average Bonchev–Trinajstić information content (AvgIpc) is 3.20. The first kappa shape index (κ1) is 21.5. The summed E-state index contributed by atoms with van der Waals surface area (Å²) in [7, 11) is 1.59. The molecular weight excluding hydrogens is 425 g/mol. The zero-order chi connectivity index (χ0) is 22.3. The molecule has 1 heterocycles. The molecule has 7 heteroatoms. The van der Waals surface area contributed by atoms with Gasteiger partial charge in [0.1, 0.15) is 12.4 Å². The van der Waals surface area contributed by atoms with Gasteiger partial charge in [0.05, 0.1) is 19.0 Å². The fourth-order valence-corrected chi connectivity index (χ4v) is 3.88. The standard InChI is InChI=1S/C25H22FN3O2S/c1-17-24(20-6-4-3-5-7-20)28-25(32-17)29-27-15-19-10-13-22(23(14-19)30-2)31-16-18-8-11-21(26)12-9-18/h3-15H,16H2,1-2H3,(H,28,29). The lowest BCUT2D eigenvalue weighted by molar-refractivity contribution is 0.284. The number of anilines is 1. The van der Waals surface area contributed by atoms with E-state index in [-0.39, 0.29) is 5.82 Å². The summed E-state index contributed by atoms with van der Waals surface area (Å²) < 4.78 is 24.3. The van der Waals surface area contributed by atoms with Gasteiger partial charge in [-0.25, -0.2) is 9.37 Å². The Kier molecular flexibility index (Phi) is 6.77. The van der Waals surface area contributed by atoms with Gasteiger partial charge in [-0.15, -0.1) is 11.3 Å². The minimum Gasteiger partial charge on any atom is -0.493 e. The van der Waals surface area contributed by atoms with Gasteiger partial charge in [0, 0.05) is 10.4 Å². The smallest absolute Gasteiger partial charge is 0.204 e. The van der Waals surface area contributed by atoms with E-state index in [0.717, 1.165) is 32.4 Å². The first-order valence-corrected chi connectivity index (χ1v) is 10.8. The largest absolute Gasteiger partial charge is 0.493 e. The van der Waals surface area contributed by atoms with E-state index < -0.39 is 0 Å². The Morgan fingerprint density at radius 1 is 1.03 bits per heavy atom. The van der Waals surface area contributed by atoms with Gasteiger partial charge in [0.15, 0.2) is 11.5 Å². The van der Waals surface area contributed by atoms with Gasteiger partial charge in [0.25, 0.3) is 0 Å². The van der Waals surface area contributed by atoms with E-state index in [2.05, 4.69) is 15.5 Å². The van der Waals surface area contributed by atoms with E-state index in [0.29, 0.717) is 18.1 Å². The molecule has 0 saturated heterocycles. The summed E-state index contributed by atoms with van der Waals surface area (Å²) in [6.07, 6.45) is 1.70. The molecule has 0 spiro atoms. The first-order chi connectivity index (χ1) is 15.6. The molecule has 32 heavy (non-hydrogen) atoms. The highest BCUT2D eigenvalue weighted by molar-refractivity contribution is 7.15. The lowest BCUT2D eigenvalue weighted by Gasteiger charge is -2.11. The summed E-state index contributed by atoms with van der Waals surface area (Å²) >= 11 is 1.56. The summed E-state index contributed by atoms with van der Waals surface area (Å²) in [6, 6.07) is 21.8. The number of hydrazone groups is 1. The molecule has 0 unspecified atom stereocenters. The van der Waals surface area contributed by atoms with Crippen LogP contribution in [-0.2, 0) is 6.61 Å². The molecule has 1 aromatic heterocycles. The van der Waals surface area contributed by atoms with Crippen molar-refractivity contribution in [3.63, 3.8) is 0 Å². The molecular formula is C25H22FN3O2S. The first-order valence-electron chi connectivity index (χ1n) is 9.99. The maximum atomic E-state index is 13.0. The van der Waals surface area contributed by atoms with Crippen molar-refractivity contribution in [2.45, 2.75) is 13.5 Å². The normalized spacial score (nSPS) is 11.0. The van der Waals surface area contributed by atoms with Crippen LogP contribution in [0, 0.1) is 12.7 Å². The number of nitrogens with zero attached hydrogens (tertiary/aromatic N) is 2. The Bertz CT molecular complexity index is 1210. The van der Waals surface area contributed by atoms with Gasteiger partial charge in [-0.1, -0.05) is 42.5 Å². The van der Waals surface area contributed by atoms with Crippen LogP contribution in [0.2, 0.25) is 0 Å². The van der Waals surface area contributed by atoms with Crippen LogP contribution < -0.4 is 14.9 Å². The highest BCUT2D eigenvalue weighted by atomic mass is 32.1. The molecule has 0 saturated carbocycles. The van der Waals surface area contributed by atoms with Gasteiger partial charge in [-0.05, 0) is 48.4 Å². The van der Waals surface area contributed by atoms with Gasteiger partial charge >= 0.3 is 0 Å². The number of aryl methyl sites for hydroxylation is 1. The van der Waals surface area contributed by atoms with Crippen molar-refractivity contribution in [1.29, 1.82) is 0 Å². The fourth-order valence-electron chi connectivity index (χ4n) is 3.10. The third-order valence-electron chi connectivity index (χ3n) is 4.71. The van der Waals surface area contributed by atoms with Gasteiger partial charge in [0.2, 0.25) is 5.13 Å². The summed E-state index contributed by atoms with van der Waals surface area (Å²) in [6.45, 7) is 2.36. The molecule has 0 bridgehead atoms. The third-order valence-corrected chi connectivity index (χ3v) is 5.59. The maximum Gasteiger partial charge on any atom is 0.204 e. The number of thiazole rings is 1. The monoisotopic (exact) mass is 447 g/mol. The number of nitrogens with one attached hydrogen (secondary N) is 1. The van der Waals surface area contributed by atoms with E-state index in [1.54, 1.807) is 36.8 Å². The second kappa shape index (κ2) is 10.1. The van der Waals surface area contributed by atoms with Crippen molar-refractivity contribution in [3.8, 4) is 22.8 Å². The predicted molar refractivity (Wildman–Crippen MR) is 127 cm³/mol. The van der Waals surface area contributed by atoms with Crippen LogP contribution in [-0.4, -0.2) is 18.3 Å². The van der Waals surface area contributed by atoms with E-state index in [9.17, 15) is 4.39 Å². The Hall–Kier alpha value is -3.71. The molecule has 5 nitrogen and oxygen atoms in total. The summed E-state index contributed by atoms with van der Waals surface area (Å²) in [5.41, 5.74) is 6.76. The topological polar surface area (TPSA) is 55.7 Å². The van der Waals surface area contributed by atoms with Crippen LogP contribution >= 0.6 is 11.3 Å². The maximum absolute atomic E-state index is 13.0. The molecule has 4 rings (SSSR count). The quantitative estimate of drug-likeness (QED) is 0.255. The number of halogens is 1. The number of rotatable bonds is 8. The van der Waals surface area contributed by atoms with Crippen LogP contribution in [0.5, 0.6) is 11.5 Å². The SMILES string of the molecule is COc1cc(C=NNc2nc(-c3ccccc3)c(C)s2)ccc1OCc1ccc(F)cc1. The van der Waals surface area contributed by atoms with Crippen molar-refractivity contribution < 1.29 is 13.9 Å². The van der Waals surface area contributed by atoms with Crippen molar-refractivity contribution >= 4 is 22.7 Å². The molecule has 162 valence electrons. The van der Waals surface area contributed by atoms with Crippen molar-refractivity contribution in [1.82, 2.24) is 4.98 Å². The molecule has 1 N–H and O–H groups in total. The molecule has 4 aromatic rings. The van der Waals surface area contributed by atoms with Crippen molar-refractivity contribution in [3.05, 3.63) is 94.6 Å². The number of benzene rings is 3. The average molecular weight is 448 g/mol. The summed E-state index contributed by atoms with van der Waals surface area (Å²) in [5.74, 6) is 0.922.